The molecule has 0 aliphatic carbocycles. The molecule has 3 N–H and O–H groups in total. The number of aromatic amines is 2. The quantitative estimate of drug-likeness (QED) is 0.341. The Labute approximate surface area is 195 Å². The Hall–Kier alpha value is -3.95. The van der Waals surface area contributed by atoms with Crippen molar-refractivity contribution in [2.75, 3.05) is 23.3 Å². The van der Waals surface area contributed by atoms with Gasteiger partial charge in [0.1, 0.15) is 17.8 Å². The number of halogens is 2. The highest BCUT2D eigenvalue weighted by atomic mass is 19.1. The molecule has 0 radical (unpaired) electrons. The molecule has 34 heavy (non-hydrogen) atoms. The Balaban J connectivity index is 1.48. The first-order chi connectivity index (χ1) is 16.5. The minimum atomic E-state index is -0.814. The van der Waals surface area contributed by atoms with Crippen LogP contribution < -0.4 is 15.0 Å². The predicted octanol–water partition coefficient (Wildman–Crippen LogP) is 5.64. The summed E-state index contributed by atoms with van der Waals surface area (Å²) in [7, 11) is 0. The second-order valence-electron chi connectivity index (χ2n) is 8.28. The van der Waals surface area contributed by atoms with Crippen LogP contribution >= 0.6 is 0 Å². The first-order valence-corrected chi connectivity index (χ1v) is 11.2. The maximum Gasteiger partial charge on any atom is 0.326 e. The van der Waals surface area contributed by atoms with Gasteiger partial charge < -0.3 is 19.9 Å². The van der Waals surface area contributed by atoms with Crippen molar-refractivity contribution in [3.63, 3.8) is 0 Å². The molecule has 5 rings (SSSR count). The summed E-state index contributed by atoms with van der Waals surface area (Å²) in [6, 6.07) is 8.59. The number of aromatic nitrogens is 5. The molecular weight excluding hydrogens is 440 g/mol. The SMILES string of the molecule is C/C=C/c1cc(Nc2cc(N3CCC(F)CC3)nc(Oc3ccc4[nH]c(C)cc4c3F)n2)n[nH]1. The van der Waals surface area contributed by atoms with E-state index in [9.17, 15) is 4.39 Å². The number of hydrogen-bond acceptors (Lipinski definition) is 6. The molecule has 10 heteroatoms. The molecule has 0 bridgehead atoms. The van der Waals surface area contributed by atoms with Gasteiger partial charge in [-0.3, -0.25) is 5.10 Å². The summed E-state index contributed by atoms with van der Waals surface area (Å²) in [5.41, 5.74) is 2.37. The standard InChI is InChI=1S/C24H25F2N7O/c1-3-4-16-12-21(32-31-16)28-20-13-22(33-9-7-15(25)8-10-33)30-24(29-20)34-19-6-5-18-17(23(19)26)11-14(2)27-18/h3-6,11-13,15,27H,7-10H2,1-2H3,(H2,28,29,30,31,32)/b4-3+. The molecule has 1 fully saturated rings. The number of allylic oxidation sites excluding steroid dienone is 1. The van der Waals surface area contributed by atoms with Crippen LogP contribution in [0.1, 0.15) is 31.2 Å². The maximum absolute atomic E-state index is 15.1. The van der Waals surface area contributed by atoms with Gasteiger partial charge in [0.15, 0.2) is 17.4 Å². The summed E-state index contributed by atoms with van der Waals surface area (Å²) in [6.07, 6.45) is 3.82. The number of alkyl halides is 1. The van der Waals surface area contributed by atoms with E-state index in [0.717, 1.165) is 11.4 Å². The summed E-state index contributed by atoms with van der Waals surface area (Å²) >= 11 is 0. The van der Waals surface area contributed by atoms with Crippen LogP contribution in [0.25, 0.3) is 17.0 Å². The van der Waals surface area contributed by atoms with Gasteiger partial charge in [-0.15, -0.1) is 0 Å². The minimum Gasteiger partial charge on any atom is -0.421 e. The average molecular weight is 466 g/mol. The summed E-state index contributed by atoms with van der Waals surface area (Å²) < 4.78 is 34.6. The van der Waals surface area contributed by atoms with Gasteiger partial charge in [-0.1, -0.05) is 6.08 Å². The smallest absolute Gasteiger partial charge is 0.326 e. The number of piperidine rings is 1. The van der Waals surface area contributed by atoms with Gasteiger partial charge in [0.05, 0.1) is 5.69 Å². The number of aryl methyl sites for hydroxylation is 1. The van der Waals surface area contributed by atoms with Crippen molar-refractivity contribution in [3.8, 4) is 11.8 Å². The van der Waals surface area contributed by atoms with Crippen molar-refractivity contribution in [2.45, 2.75) is 32.9 Å². The van der Waals surface area contributed by atoms with Crippen LogP contribution in [0.3, 0.4) is 0 Å². The van der Waals surface area contributed by atoms with E-state index < -0.39 is 12.0 Å². The lowest BCUT2D eigenvalue weighted by molar-refractivity contribution is 0.276. The molecule has 0 amide bonds. The number of nitrogens with zero attached hydrogens (tertiary/aromatic N) is 4. The third-order valence-electron chi connectivity index (χ3n) is 5.68. The Morgan fingerprint density at radius 2 is 1.97 bits per heavy atom. The lowest BCUT2D eigenvalue weighted by atomic mass is 10.1. The third kappa shape index (κ3) is 4.57. The zero-order valence-electron chi connectivity index (χ0n) is 18.9. The van der Waals surface area contributed by atoms with Crippen LogP contribution in [0.15, 0.2) is 36.4 Å². The van der Waals surface area contributed by atoms with Crippen LogP contribution in [0.5, 0.6) is 11.8 Å². The van der Waals surface area contributed by atoms with Crippen molar-refractivity contribution in [1.82, 2.24) is 25.1 Å². The molecule has 1 aliphatic rings. The largest absolute Gasteiger partial charge is 0.421 e. The van der Waals surface area contributed by atoms with Crippen molar-refractivity contribution >= 4 is 34.4 Å². The highest BCUT2D eigenvalue weighted by molar-refractivity contribution is 5.82. The number of nitrogens with one attached hydrogen (secondary N) is 3. The van der Waals surface area contributed by atoms with E-state index in [4.69, 9.17) is 4.74 Å². The molecule has 4 aromatic rings. The summed E-state index contributed by atoms with van der Waals surface area (Å²) in [6.45, 7) is 4.82. The van der Waals surface area contributed by atoms with Crippen LogP contribution in [-0.2, 0) is 0 Å². The van der Waals surface area contributed by atoms with E-state index in [-0.39, 0.29) is 11.8 Å². The number of rotatable bonds is 6. The monoisotopic (exact) mass is 465 g/mol. The van der Waals surface area contributed by atoms with E-state index in [1.165, 1.54) is 0 Å². The normalized spacial score (nSPS) is 14.9. The molecule has 1 aliphatic heterocycles. The number of hydrogen-bond donors (Lipinski definition) is 3. The van der Waals surface area contributed by atoms with Crippen molar-refractivity contribution in [3.05, 3.63) is 53.6 Å². The molecule has 4 heterocycles. The van der Waals surface area contributed by atoms with Gasteiger partial charge in [-0.05, 0) is 51.0 Å². The molecule has 0 unspecified atom stereocenters. The topological polar surface area (TPSA) is 94.8 Å². The second-order valence-corrected chi connectivity index (χ2v) is 8.28. The highest BCUT2D eigenvalue weighted by Gasteiger charge is 2.22. The fourth-order valence-electron chi connectivity index (χ4n) is 4.02. The van der Waals surface area contributed by atoms with Gasteiger partial charge in [0.25, 0.3) is 0 Å². The third-order valence-corrected chi connectivity index (χ3v) is 5.68. The van der Waals surface area contributed by atoms with E-state index in [0.29, 0.717) is 54.3 Å². The van der Waals surface area contributed by atoms with Crippen LogP contribution in [-0.4, -0.2) is 44.4 Å². The van der Waals surface area contributed by atoms with Gasteiger partial charge in [0.2, 0.25) is 0 Å². The number of ether oxygens (including phenoxy) is 1. The zero-order valence-corrected chi connectivity index (χ0v) is 18.9. The maximum atomic E-state index is 15.1. The van der Waals surface area contributed by atoms with E-state index in [2.05, 4.69) is 30.5 Å². The number of anilines is 3. The molecule has 0 spiro atoms. The predicted molar refractivity (Wildman–Crippen MR) is 128 cm³/mol. The molecule has 1 aromatic carbocycles. The first kappa shape index (κ1) is 21.9. The molecule has 1 saturated heterocycles. The van der Waals surface area contributed by atoms with Crippen molar-refractivity contribution < 1.29 is 13.5 Å². The lowest BCUT2D eigenvalue weighted by Gasteiger charge is -2.29. The van der Waals surface area contributed by atoms with E-state index in [1.807, 2.05) is 37.0 Å². The number of fused-ring (bicyclic) bond motifs is 1. The molecular formula is C24H25F2N7O. The zero-order chi connectivity index (χ0) is 23.7. The fraction of sp³-hybridized carbons (Fsp3) is 0.292. The van der Waals surface area contributed by atoms with Crippen LogP contribution in [0.2, 0.25) is 0 Å². The van der Waals surface area contributed by atoms with Gasteiger partial charge in [-0.25, -0.2) is 8.78 Å². The molecule has 176 valence electrons. The fourth-order valence-corrected chi connectivity index (χ4v) is 4.02. The molecule has 0 atom stereocenters. The number of H-pyrrole nitrogens is 2. The van der Waals surface area contributed by atoms with Crippen molar-refractivity contribution in [2.24, 2.45) is 0 Å². The second kappa shape index (κ2) is 9.12. The average Bonchev–Trinajstić information content (AvgIpc) is 3.42. The minimum absolute atomic E-state index is 0.0166. The van der Waals surface area contributed by atoms with Crippen LogP contribution in [0.4, 0.5) is 26.2 Å². The molecule has 3 aromatic heterocycles. The summed E-state index contributed by atoms with van der Waals surface area (Å²) in [4.78, 5) is 14.0. The van der Waals surface area contributed by atoms with Crippen molar-refractivity contribution in [1.29, 1.82) is 0 Å². The Kier molecular flexibility index (Phi) is 5.87. The van der Waals surface area contributed by atoms with Gasteiger partial charge in [0, 0.05) is 41.8 Å². The van der Waals surface area contributed by atoms with Crippen LogP contribution in [0, 0.1) is 12.7 Å². The Bertz CT molecular complexity index is 1340. The summed E-state index contributed by atoms with van der Waals surface area (Å²) in [5.74, 6) is 1.09. The van der Waals surface area contributed by atoms with E-state index in [1.54, 1.807) is 24.3 Å². The number of benzene rings is 1. The summed E-state index contributed by atoms with van der Waals surface area (Å²) in [5, 5.41) is 10.7. The molecule has 0 saturated carbocycles. The highest BCUT2D eigenvalue weighted by Crippen LogP contribution is 2.32. The molecule has 8 nitrogen and oxygen atoms in total. The lowest BCUT2D eigenvalue weighted by Crippen LogP contribution is -2.35. The Morgan fingerprint density at radius 3 is 2.76 bits per heavy atom. The first-order valence-electron chi connectivity index (χ1n) is 11.2. The van der Waals surface area contributed by atoms with E-state index >= 15 is 4.39 Å². The Morgan fingerprint density at radius 1 is 1.15 bits per heavy atom. The van der Waals surface area contributed by atoms with Gasteiger partial charge >= 0.3 is 6.01 Å². The van der Waals surface area contributed by atoms with Gasteiger partial charge in [-0.2, -0.15) is 15.1 Å².